The molecule has 0 aliphatic heterocycles. The molecule has 30 heavy (non-hydrogen) atoms. The Morgan fingerprint density at radius 1 is 0.967 bits per heavy atom. The first-order valence-corrected chi connectivity index (χ1v) is 10.1. The Morgan fingerprint density at radius 2 is 1.77 bits per heavy atom. The number of rotatable bonds is 5. The van der Waals surface area contributed by atoms with Gasteiger partial charge in [-0.05, 0) is 73.4 Å². The second-order valence-corrected chi connectivity index (χ2v) is 7.77. The zero-order valence-corrected chi connectivity index (χ0v) is 17.5. The van der Waals surface area contributed by atoms with Gasteiger partial charge in [0.2, 0.25) is 0 Å². The Hall–Kier alpha value is -3.40. The van der Waals surface area contributed by atoms with E-state index in [1.165, 1.54) is 6.07 Å². The lowest BCUT2D eigenvalue weighted by atomic mass is 10.1. The lowest BCUT2D eigenvalue weighted by Gasteiger charge is -2.10. The van der Waals surface area contributed by atoms with Crippen LogP contribution in [-0.2, 0) is 13.1 Å². The van der Waals surface area contributed by atoms with Gasteiger partial charge in [-0.15, -0.1) is 0 Å². The molecular formula is C26H25FN2O. The van der Waals surface area contributed by atoms with Crippen LogP contribution in [0.3, 0.4) is 0 Å². The first kappa shape index (κ1) is 19.9. The predicted molar refractivity (Wildman–Crippen MR) is 119 cm³/mol. The van der Waals surface area contributed by atoms with Crippen molar-refractivity contribution in [2.45, 2.75) is 33.9 Å². The SMILES string of the molecule is Cc1ccccc1CNC(=O)c1ccc2c(c1)c(C)c(C)n2Cc1cccc(F)c1. The summed E-state index contributed by atoms with van der Waals surface area (Å²) in [5, 5.41) is 4.07. The number of fused-ring (bicyclic) bond motifs is 1. The highest BCUT2D eigenvalue weighted by Crippen LogP contribution is 2.27. The Bertz CT molecular complexity index is 1240. The lowest BCUT2D eigenvalue weighted by molar-refractivity contribution is 0.0951. The van der Waals surface area contributed by atoms with E-state index in [-0.39, 0.29) is 11.7 Å². The molecule has 0 spiro atoms. The molecule has 1 amide bonds. The summed E-state index contributed by atoms with van der Waals surface area (Å²) in [6.07, 6.45) is 0. The number of nitrogens with zero attached hydrogens (tertiary/aromatic N) is 1. The maximum atomic E-state index is 13.6. The summed E-state index contributed by atoms with van der Waals surface area (Å²) in [7, 11) is 0. The minimum atomic E-state index is -0.231. The van der Waals surface area contributed by atoms with E-state index in [2.05, 4.69) is 23.7 Å². The molecule has 1 aromatic heterocycles. The van der Waals surface area contributed by atoms with E-state index in [0.717, 1.165) is 38.9 Å². The van der Waals surface area contributed by atoms with Crippen molar-refractivity contribution in [2.24, 2.45) is 0 Å². The van der Waals surface area contributed by atoms with Crippen LogP contribution in [0, 0.1) is 26.6 Å². The standard InChI is InChI=1S/C26H25FN2O/c1-17-7-4-5-9-22(17)15-28-26(30)21-11-12-25-24(14-21)18(2)19(3)29(25)16-20-8-6-10-23(27)13-20/h4-14H,15-16H2,1-3H3,(H,28,30). The van der Waals surface area contributed by atoms with Crippen LogP contribution in [0.15, 0.2) is 66.7 Å². The van der Waals surface area contributed by atoms with E-state index in [4.69, 9.17) is 0 Å². The van der Waals surface area contributed by atoms with Crippen LogP contribution in [0.4, 0.5) is 4.39 Å². The maximum absolute atomic E-state index is 13.6. The fourth-order valence-corrected chi connectivity index (χ4v) is 3.90. The Balaban J connectivity index is 1.60. The smallest absolute Gasteiger partial charge is 0.251 e. The van der Waals surface area contributed by atoms with E-state index < -0.39 is 0 Å². The van der Waals surface area contributed by atoms with E-state index in [1.54, 1.807) is 12.1 Å². The fraction of sp³-hybridized carbons (Fsp3) is 0.192. The molecule has 0 unspecified atom stereocenters. The van der Waals surface area contributed by atoms with Crippen molar-refractivity contribution < 1.29 is 9.18 Å². The normalized spacial score (nSPS) is 11.1. The molecule has 1 heterocycles. The number of benzene rings is 3. The van der Waals surface area contributed by atoms with E-state index in [1.807, 2.05) is 55.5 Å². The lowest BCUT2D eigenvalue weighted by Crippen LogP contribution is -2.23. The topological polar surface area (TPSA) is 34.0 Å². The highest BCUT2D eigenvalue weighted by Gasteiger charge is 2.14. The number of carbonyl (C=O) groups is 1. The minimum Gasteiger partial charge on any atom is -0.348 e. The van der Waals surface area contributed by atoms with Gasteiger partial charge in [0.25, 0.3) is 5.91 Å². The highest BCUT2D eigenvalue weighted by molar-refractivity contribution is 5.99. The Kier molecular flexibility index (Phi) is 5.40. The third kappa shape index (κ3) is 3.86. The fourth-order valence-electron chi connectivity index (χ4n) is 3.90. The van der Waals surface area contributed by atoms with Crippen molar-refractivity contribution in [2.75, 3.05) is 0 Å². The number of nitrogens with one attached hydrogen (secondary N) is 1. The summed E-state index contributed by atoms with van der Waals surface area (Å²) >= 11 is 0. The first-order valence-electron chi connectivity index (χ1n) is 10.1. The van der Waals surface area contributed by atoms with Crippen molar-refractivity contribution in [1.82, 2.24) is 9.88 Å². The van der Waals surface area contributed by atoms with Gasteiger partial charge < -0.3 is 9.88 Å². The molecule has 152 valence electrons. The molecule has 0 atom stereocenters. The van der Waals surface area contributed by atoms with Gasteiger partial charge in [-0.25, -0.2) is 4.39 Å². The van der Waals surface area contributed by atoms with Crippen LogP contribution >= 0.6 is 0 Å². The molecule has 0 aliphatic rings. The third-order valence-electron chi connectivity index (χ3n) is 5.83. The van der Waals surface area contributed by atoms with Crippen LogP contribution in [0.1, 0.15) is 38.3 Å². The molecule has 0 bridgehead atoms. The summed E-state index contributed by atoms with van der Waals surface area (Å²) in [5.74, 6) is -0.318. The molecule has 3 aromatic carbocycles. The van der Waals surface area contributed by atoms with Gasteiger partial charge >= 0.3 is 0 Å². The number of aromatic nitrogens is 1. The maximum Gasteiger partial charge on any atom is 0.251 e. The van der Waals surface area contributed by atoms with Crippen LogP contribution < -0.4 is 5.32 Å². The Morgan fingerprint density at radius 3 is 2.53 bits per heavy atom. The van der Waals surface area contributed by atoms with E-state index in [9.17, 15) is 9.18 Å². The van der Waals surface area contributed by atoms with Gasteiger partial charge in [-0.2, -0.15) is 0 Å². The second kappa shape index (κ2) is 8.15. The minimum absolute atomic E-state index is 0.0879. The van der Waals surface area contributed by atoms with Crippen molar-refractivity contribution in [3.8, 4) is 0 Å². The van der Waals surface area contributed by atoms with Crippen LogP contribution in [0.5, 0.6) is 0 Å². The molecule has 0 radical (unpaired) electrons. The number of amides is 1. The third-order valence-corrected chi connectivity index (χ3v) is 5.83. The van der Waals surface area contributed by atoms with Gasteiger partial charge in [-0.3, -0.25) is 4.79 Å². The first-order chi connectivity index (χ1) is 14.4. The Labute approximate surface area is 176 Å². The highest BCUT2D eigenvalue weighted by atomic mass is 19.1. The molecule has 3 nitrogen and oxygen atoms in total. The number of carbonyl (C=O) groups excluding carboxylic acids is 1. The van der Waals surface area contributed by atoms with Gasteiger partial charge in [0.15, 0.2) is 0 Å². The molecule has 4 heteroatoms. The van der Waals surface area contributed by atoms with Gasteiger partial charge in [-0.1, -0.05) is 36.4 Å². The average molecular weight is 400 g/mol. The van der Waals surface area contributed by atoms with Crippen LogP contribution in [-0.4, -0.2) is 10.5 Å². The largest absolute Gasteiger partial charge is 0.348 e. The monoisotopic (exact) mass is 400 g/mol. The van der Waals surface area contributed by atoms with Crippen LogP contribution in [0.25, 0.3) is 10.9 Å². The van der Waals surface area contributed by atoms with Gasteiger partial charge in [0, 0.05) is 35.2 Å². The summed E-state index contributed by atoms with van der Waals surface area (Å²) in [5.41, 5.74) is 7.12. The molecule has 0 fully saturated rings. The predicted octanol–water partition coefficient (Wildman–Crippen LogP) is 5.68. The van der Waals surface area contributed by atoms with Gasteiger partial charge in [0.1, 0.15) is 5.82 Å². The number of hydrogen-bond acceptors (Lipinski definition) is 1. The summed E-state index contributed by atoms with van der Waals surface area (Å²) in [4.78, 5) is 12.7. The quantitative estimate of drug-likeness (QED) is 0.459. The zero-order chi connectivity index (χ0) is 21.3. The molecular weight excluding hydrogens is 375 g/mol. The van der Waals surface area contributed by atoms with Crippen molar-refractivity contribution in [1.29, 1.82) is 0 Å². The molecule has 1 N–H and O–H groups in total. The number of hydrogen-bond donors (Lipinski definition) is 1. The molecule has 0 saturated carbocycles. The zero-order valence-electron chi connectivity index (χ0n) is 17.5. The average Bonchev–Trinajstić information content (AvgIpc) is 2.97. The molecule has 4 aromatic rings. The van der Waals surface area contributed by atoms with Gasteiger partial charge in [0.05, 0.1) is 0 Å². The molecule has 0 aliphatic carbocycles. The number of aryl methyl sites for hydroxylation is 2. The van der Waals surface area contributed by atoms with E-state index >= 15 is 0 Å². The summed E-state index contributed by atoms with van der Waals surface area (Å²) in [6, 6.07) is 20.5. The van der Waals surface area contributed by atoms with Crippen molar-refractivity contribution >= 4 is 16.8 Å². The van der Waals surface area contributed by atoms with Crippen molar-refractivity contribution in [3.63, 3.8) is 0 Å². The van der Waals surface area contributed by atoms with Crippen LogP contribution in [0.2, 0.25) is 0 Å². The van der Waals surface area contributed by atoms with Crippen molar-refractivity contribution in [3.05, 3.63) is 106 Å². The molecule has 0 saturated heterocycles. The summed E-state index contributed by atoms with van der Waals surface area (Å²) in [6.45, 7) is 7.26. The number of halogens is 1. The second-order valence-electron chi connectivity index (χ2n) is 7.77. The van der Waals surface area contributed by atoms with E-state index in [0.29, 0.717) is 18.7 Å². The summed E-state index contributed by atoms with van der Waals surface area (Å²) < 4.78 is 15.8. The molecule has 4 rings (SSSR count).